The Hall–Kier alpha value is -2.11. The molecule has 0 atom stereocenters. The standard InChI is InChI=1S/C9H10N4O2/c1-6-2-3-15-8(6)9(14)10-4-7-11-5-12-13-7/h2-3,5H,4H2,1H3,(H,10,14)(H,11,12,13). The number of amides is 1. The molecule has 2 heterocycles. The van der Waals surface area contributed by atoms with E-state index in [4.69, 9.17) is 4.42 Å². The van der Waals surface area contributed by atoms with Crippen LogP contribution in [-0.2, 0) is 6.54 Å². The van der Waals surface area contributed by atoms with Crippen LogP contribution in [0.1, 0.15) is 21.9 Å². The second-order valence-corrected chi connectivity index (χ2v) is 3.05. The van der Waals surface area contributed by atoms with E-state index >= 15 is 0 Å². The Morgan fingerprint density at radius 3 is 3.13 bits per heavy atom. The molecular formula is C9H10N4O2. The number of H-pyrrole nitrogens is 1. The van der Waals surface area contributed by atoms with Gasteiger partial charge in [-0.1, -0.05) is 0 Å². The van der Waals surface area contributed by atoms with Crippen molar-refractivity contribution in [3.8, 4) is 0 Å². The number of nitrogens with zero attached hydrogens (tertiary/aromatic N) is 2. The number of carbonyl (C=O) groups is 1. The second-order valence-electron chi connectivity index (χ2n) is 3.05. The van der Waals surface area contributed by atoms with E-state index in [0.29, 0.717) is 18.1 Å². The Bertz CT molecular complexity index is 446. The third-order valence-corrected chi connectivity index (χ3v) is 1.95. The summed E-state index contributed by atoms with van der Waals surface area (Å²) in [4.78, 5) is 15.4. The first-order chi connectivity index (χ1) is 7.27. The van der Waals surface area contributed by atoms with Crippen LogP contribution in [0, 0.1) is 6.92 Å². The minimum atomic E-state index is -0.256. The average Bonchev–Trinajstić information content (AvgIpc) is 2.84. The molecule has 0 aliphatic carbocycles. The summed E-state index contributed by atoms with van der Waals surface area (Å²) in [6.07, 6.45) is 2.87. The second kappa shape index (κ2) is 3.95. The number of rotatable bonds is 3. The van der Waals surface area contributed by atoms with Gasteiger partial charge in [-0.05, 0) is 13.0 Å². The molecule has 2 rings (SSSR count). The SMILES string of the molecule is Cc1ccoc1C(=O)NCc1ncn[nH]1. The van der Waals surface area contributed by atoms with Crippen LogP contribution in [0.2, 0.25) is 0 Å². The highest BCUT2D eigenvalue weighted by atomic mass is 16.3. The summed E-state index contributed by atoms with van der Waals surface area (Å²) in [6, 6.07) is 1.74. The number of aryl methyl sites for hydroxylation is 1. The van der Waals surface area contributed by atoms with Gasteiger partial charge in [0.15, 0.2) is 5.76 Å². The lowest BCUT2D eigenvalue weighted by atomic mass is 10.3. The first kappa shape index (κ1) is 9.45. The quantitative estimate of drug-likeness (QED) is 0.771. The van der Waals surface area contributed by atoms with E-state index in [0.717, 1.165) is 5.56 Å². The van der Waals surface area contributed by atoms with Gasteiger partial charge in [-0.3, -0.25) is 9.89 Å². The van der Waals surface area contributed by atoms with Crippen molar-refractivity contribution in [3.05, 3.63) is 35.8 Å². The maximum atomic E-state index is 11.6. The van der Waals surface area contributed by atoms with Gasteiger partial charge < -0.3 is 9.73 Å². The van der Waals surface area contributed by atoms with Gasteiger partial charge in [-0.2, -0.15) is 5.10 Å². The van der Waals surface area contributed by atoms with Crippen LogP contribution in [0.4, 0.5) is 0 Å². The summed E-state index contributed by atoms with van der Waals surface area (Å²) >= 11 is 0. The summed E-state index contributed by atoms with van der Waals surface area (Å²) in [6.45, 7) is 2.12. The molecule has 0 spiro atoms. The first-order valence-electron chi connectivity index (χ1n) is 4.44. The topological polar surface area (TPSA) is 83.8 Å². The highest BCUT2D eigenvalue weighted by Gasteiger charge is 2.12. The van der Waals surface area contributed by atoms with E-state index in [9.17, 15) is 4.79 Å². The van der Waals surface area contributed by atoms with Gasteiger partial charge in [0.1, 0.15) is 12.2 Å². The minimum Gasteiger partial charge on any atom is -0.459 e. The molecule has 0 unspecified atom stereocenters. The van der Waals surface area contributed by atoms with Gasteiger partial charge in [-0.15, -0.1) is 0 Å². The molecule has 0 aliphatic rings. The highest BCUT2D eigenvalue weighted by molar-refractivity contribution is 5.92. The lowest BCUT2D eigenvalue weighted by molar-refractivity contribution is 0.0921. The molecule has 15 heavy (non-hydrogen) atoms. The van der Waals surface area contributed by atoms with Crippen molar-refractivity contribution in [1.82, 2.24) is 20.5 Å². The van der Waals surface area contributed by atoms with Crippen molar-refractivity contribution >= 4 is 5.91 Å². The summed E-state index contributed by atoms with van der Waals surface area (Å²) < 4.78 is 5.04. The van der Waals surface area contributed by atoms with Gasteiger partial charge in [0.2, 0.25) is 0 Å². The van der Waals surface area contributed by atoms with Crippen LogP contribution in [0.5, 0.6) is 0 Å². The number of furan rings is 1. The maximum absolute atomic E-state index is 11.6. The normalized spacial score (nSPS) is 10.2. The smallest absolute Gasteiger partial charge is 0.287 e. The number of hydrogen-bond donors (Lipinski definition) is 2. The van der Waals surface area contributed by atoms with Crippen LogP contribution in [-0.4, -0.2) is 21.1 Å². The average molecular weight is 206 g/mol. The van der Waals surface area contributed by atoms with E-state index in [-0.39, 0.29) is 5.91 Å². The van der Waals surface area contributed by atoms with Gasteiger partial charge >= 0.3 is 0 Å². The summed E-state index contributed by atoms with van der Waals surface area (Å²) in [7, 11) is 0. The maximum Gasteiger partial charge on any atom is 0.287 e. The molecule has 6 nitrogen and oxygen atoms in total. The Morgan fingerprint density at radius 2 is 2.53 bits per heavy atom. The monoisotopic (exact) mass is 206 g/mol. The van der Waals surface area contributed by atoms with Crippen LogP contribution < -0.4 is 5.32 Å². The van der Waals surface area contributed by atoms with E-state index < -0.39 is 0 Å². The molecular weight excluding hydrogens is 196 g/mol. The van der Waals surface area contributed by atoms with E-state index in [1.165, 1.54) is 12.6 Å². The van der Waals surface area contributed by atoms with Gasteiger partial charge in [0, 0.05) is 5.56 Å². The van der Waals surface area contributed by atoms with Gasteiger partial charge in [0.05, 0.1) is 12.8 Å². The molecule has 78 valence electrons. The van der Waals surface area contributed by atoms with Crippen molar-refractivity contribution in [3.63, 3.8) is 0 Å². The molecule has 0 fully saturated rings. The molecule has 0 radical (unpaired) electrons. The lowest BCUT2D eigenvalue weighted by Crippen LogP contribution is -2.23. The Labute approximate surface area is 85.7 Å². The molecule has 0 aromatic carbocycles. The third-order valence-electron chi connectivity index (χ3n) is 1.95. The van der Waals surface area contributed by atoms with E-state index in [1.807, 2.05) is 6.92 Å². The zero-order valence-electron chi connectivity index (χ0n) is 8.15. The van der Waals surface area contributed by atoms with Crippen LogP contribution in [0.25, 0.3) is 0 Å². The molecule has 1 amide bonds. The Kier molecular flexibility index (Phi) is 2.49. The third kappa shape index (κ3) is 2.04. The minimum absolute atomic E-state index is 0.256. The molecule has 0 saturated carbocycles. The summed E-state index contributed by atoms with van der Waals surface area (Å²) in [5.74, 6) is 0.677. The number of aromatic amines is 1. The highest BCUT2D eigenvalue weighted by Crippen LogP contribution is 2.08. The summed E-state index contributed by atoms with van der Waals surface area (Å²) in [5.41, 5.74) is 0.810. The molecule has 0 aliphatic heterocycles. The fourth-order valence-electron chi connectivity index (χ4n) is 1.17. The van der Waals surface area contributed by atoms with Crippen LogP contribution in [0.3, 0.4) is 0 Å². The molecule has 2 aromatic heterocycles. The van der Waals surface area contributed by atoms with Crippen molar-refractivity contribution in [2.45, 2.75) is 13.5 Å². The number of aromatic nitrogens is 3. The number of carbonyl (C=O) groups excluding carboxylic acids is 1. The predicted octanol–water partition coefficient (Wildman–Crippen LogP) is 0.636. The fraction of sp³-hybridized carbons (Fsp3) is 0.222. The van der Waals surface area contributed by atoms with Crippen molar-refractivity contribution in [2.24, 2.45) is 0 Å². The zero-order chi connectivity index (χ0) is 10.7. The molecule has 6 heteroatoms. The fourth-order valence-corrected chi connectivity index (χ4v) is 1.17. The number of hydrogen-bond acceptors (Lipinski definition) is 4. The molecule has 0 bridgehead atoms. The van der Waals surface area contributed by atoms with Crippen molar-refractivity contribution in [2.75, 3.05) is 0 Å². The van der Waals surface area contributed by atoms with Gasteiger partial charge in [-0.25, -0.2) is 4.98 Å². The molecule has 2 N–H and O–H groups in total. The molecule has 2 aromatic rings. The van der Waals surface area contributed by atoms with Crippen molar-refractivity contribution < 1.29 is 9.21 Å². The van der Waals surface area contributed by atoms with Crippen LogP contribution >= 0.6 is 0 Å². The summed E-state index contributed by atoms with van der Waals surface area (Å²) in [5, 5.41) is 8.98. The van der Waals surface area contributed by atoms with E-state index in [2.05, 4.69) is 20.5 Å². The predicted molar refractivity (Wildman–Crippen MR) is 51.0 cm³/mol. The van der Waals surface area contributed by atoms with Crippen LogP contribution in [0.15, 0.2) is 23.1 Å². The lowest BCUT2D eigenvalue weighted by Gasteiger charge is -2.00. The molecule has 0 saturated heterocycles. The van der Waals surface area contributed by atoms with Gasteiger partial charge in [0.25, 0.3) is 5.91 Å². The zero-order valence-corrected chi connectivity index (χ0v) is 8.15. The Morgan fingerprint density at radius 1 is 1.67 bits per heavy atom. The Balaban J connectivity index is 1.96. The largest absolute Gasteiger partial charge is 0.459 e. The van der Waals surface area contributed by atoms with E-state index in [1.54, 1.807) is 6.07 Å². The first-order valence-corrected chi connectivity index (χ1v) is 4.44. The number of nitrogens with one attached hydrogen (secondary N) is 2. The van der Waals surface area contributed by atoms with Crippen molar-refractivity contribution in [1.29, 1.82) is 0 Å².